The maximum absolute atomic E-state index is 12.5. The lowest BCUT2D eigenvalue weighted by molar-refractivity contribution is -0.117. The van der Waals surface area contributed by atoms with Crippen molar-refractivity contribution in [3.8, 4) is 11.5 Å². The highest BCUT2D eigenvalue weighted by atomic mass is 19.3. The van der Waals surface area contributed by atoms with Crippen LogP contribution in [-0.2, 0) is 24.3 Å². The van der Waals surface area contributed by atoms with Crippen LogP contribution in [0, 0.1) is 0 Å². The minimum Gasteiger partial charge on any atom is -0.493 e. The third-order valence-electron chi connectivity index (χ3n) is 4.24. The fraction of sp³-hybridized carbons (Fsp3) is 0.471. The van der Waals surface area contributed by atoms with Crippen LogP contribution in [0.25, 0.3) is 0 Å². The van der Waals surface area contributed by atoms with Crippen molar-refractivity contribution in [1.29, 1.82) is 0 Å². The zero-order valence-corrected chi connectivity index (χ0v) is 14.8. The molecular weight excluding hydrogens is 362 g/mol. The molecule has 0 aliphatic carbocycles. The van der Waals surface area contributed by atoms with Gasteiger partial charge in [-0.05, 0) is 25.0 Å². The number of fused-ring (bicyclic) bond motifs is 1. The highest BCUT2D eigenvalue weighted by Crippen LogP contribution is 2.31. The van der Waals surface area contributed by atoms with Crippen LogP contribution in [0.4, 0.5) is 14.5 Å². The standard InChI is InChI=1S/C17H20F2N4O4/c1-26-12-7-6-11(9-13(12)27-16(18)19)20-15(24)10-23-17(25)22-8-4-2-3-5-14(22)21-23/h6-7,9,16H,2-5,8,10H2,1H3,(H,20,24). The molecule has 146 valence electrons. The van der Waals surface area contributed by atoms with Crippen LogP contribution in [0.3, 0.4) is 0 Å². The first-order chi connectivity index (χ1) is 13.0. The van der Waals surface area contributed by atoms with Crippen molar-refractivity contribution in [2.45, 2.75) is 45.4 Å². The smallest absolute Gasteiger partial charge is 0.387 e. The Morgan fingerprint density at radius 2 is 2.11 bits per heavy atom. The summed E-state index contributed by atoms with van der Waals surface area (Å²) >= 11 is 0. The number of hydrogen-bond acceptors (Lipinski definition) is 5. The SMILES string of the molecule is COc1ccc(NC(=O)Cn2nc3n(c2=O)CCCCC3)cc1OC(F)F. The molecular formula is C17H20F2N4O4. The first kappa shape index (κ1) is 18.9. The molecule has 1 aromatic carbocycles. The van der Waals surface area contributed by atoms with Crippen molar-refractivity contribution in [1.82, 2.24) is 14.3 Å². The molecule has 2 aromatic rings. The van der Waals surface area contributed by atoms with E-state index >= 15 is 0 Å². The third kappa shape index (κ3) is 4.44. The fourth-order valence-electron chi connectivity index (χ4n) is 3.01. The zero-order valence-electron chi connectivity index (χ0n) is 14.8. The van der Waals surface area contributed by atoms with Gasteiger partial charge in [-0.1, -0.05) is 6.42 Å². The zero-order chi connectivity index (χ0) is 19.4. The van der Waals surface area contributed by atoms with E-state index in [0.717, 1.165) is 23.9 Å². The Balaban J connectivity index is 1.72. The molecule has 0 atom stereocenters. The topological polar surface area (TPSA) is 87.4 Å². The van der Waals surface area contributed by atoms with Crippen molar-refractivity contribution in [3.63, 3.8) is 0 Å². The molecule has 0 unspecified atom stereocenters. The number of aromatic nitrogens is 3. The van der Waals surface area contributed by atoms with E-state index in [-0.39, 0.29) is 29.4 Å². The first-order valence-electron chi connectivity index (χ1n) is 8.57. The van der Waals surface area contributed by atoms with E-state index in [4.69, 9.17) is 4.74 Å². The average Bonchev–Trinajstić information content (AvgIpc) is 2.78. The van der Waals surface area contributed by atoms with Crippen LogP contribution in [-0.4, -0.2) is 34.0 Å². The van der Waals surface area contributed by atoms with E-state index in [9.17, 15) is 18.4 Å². The third-order valence-corrected chi connectivity index (χ3v) is 4.24. The number of carbonyl (C=O) groups excluding carboxylic acids is 1. The Morgan fingerprint density at radius 3 is 2.85 bits per heavy atom. The summed E-state index contributed by atoms with van der Waals surface area (Å²) in [5.74, 6) is 0.0967. The second kappa shape index (κ2) is 8.19. The molecule has 0 spiro atoms. The van der Waals surface area contributed by atoms with Crippen molar-refractivity contribution in [3.05, 3.63) is 34.5 Å². The van der Waals surface area contributed by atoms with Crippen LogP contribution >= 0.6 is 0 Å². The highest BCUT2D eigenvalue weighted by molar-refractivity contribution is 5.90. The molecule has 1 aliphatic rings. The number of halogens is 2. The summed E-state index contributed by atoms with van der Waals surface area (Å²) in [6.07, 6.45) is 3.62. The van der Waals surface area contributed by atoms with Crippen LogP contribution in [0.15, 0.2) is 23.0 Å². The van der Waals surface area contributed by atoms with E-state index in [1.807, 2.05) is 0 Å². The van der Waals surface area contributed by atoms with Crippen molar-refractivity contribution in [2.75, 3.05) is 12.4 Å². The molecule has 1 amide bonds. The normalized spacial score (nSPS) is 13.8. The van der Waals surface area contributed by atoms with Gasteiger partial charge in [-0.25, -0.2) is 9.48 Å². The molecule has 0 saturated carbocycles. The Kier molecular flexibility index (Phi) is 5.72. The summed E-state index contributed by atoms with van der Waals surface area (Å²) in [6.45, 7) is -2.69. The van der Waals surface area contributed by atoms with Crippen LogP contribution in [0.5, 0.6) is 11.5 Å². The maximum Gasteiger partial charge on any atom is 0.387 e. The lowest BCUT2D eigenvalue weighted by atomic mass is 10.2. The lowest BCUT2D eigenvalue weighted by Crippen LogP contribution is -2.30. The van der Waals surface area contributed by atoms with Gasteiger partial charge in [0.1, 0.15) is 12.4 Å². The molecule has 1 aromatic heterocycles. The number of methoxy groups -OCH3 is 1. The summed E-state index contributed by atoms with van der Waals surface area (Å²) in [6, 6.07) is 4.12. The Hall–Kier alpha value is -2.91. The van der Waals surface area contributed by atoms with Gasteiger partial charge in [0.2, 0.25) is 5.91 Å². The van der Waals surface area contributed by atoms with Gasteiger partial charge in [0.15, 0.2) is 11.5 Å². The van der Waals surface area contributed by atoms with Crippen molar-refractivity contribution < 1.29 is 23.0 Å². The number of ether oxygens (including phenoxy) is 2. The number of anilines is 1. The molecule has 0 saturated heterocycles. The molecule has 2 heterocycles. The number of aryl methyl sites for hydroxylation is 1. The van der Waals surface area contributed by atoms with Crippen molar-refractivity contribution in [2.24, 2.45) is 0 Å². The lowest BCUT2D eigenvalue weighted by Gasteiger charge is -2.12. The summed E-state index contributed by atoms with van der Waals surface area (Å²) in [7, 11) is 1.32. The summed E-state index contributed by atoms with van der Waals surface area (Å²) in [5.41, 5.74) is -0.0798. The number of rotatable bonds is 6. The second-order valence-corrected chi connectivity index (χ2v) is 6.11. The Morgan fingerprint density at radius 1 is 1.30 bits per heavy atom. The molecule has 8 nitrogen and oxygen atoms in total. The number of nitrogens with one attached hydrogen (secondary N) is 1. The number of hydrogen-bond donors (Lipinski definition) is 1. The maximum atomic E-state index is 12.5. The molecule has 0 fully saturated rings. The molecule has 10 heteroatoms. The van der Waals surface area contributed by atoms with Crippen LogP contribution in [0.2, 0.25) is 0 Å². The van der Waals surface area contributed by atoms with Crippen molar-refractivity contribution >= 4 is 11.6 Å². The number of carbonyl (C=O) groups is 1. The second-order valence-electron chi connectivity index (χ2n) is 6.11. The van der Waals surface area contributed by atoms with Crippen LogP contribution < -0.4 is 20.5 Å². The molecule has 1 aliphatic heterocycles. The van der Waals surface area contributed by atoms with Gasteiger partial charge in [-0.15, -0.1) is 0 Å². The average molecular weight is 382 g/mol. The van der Waals surface area contributed by atoms with Gasteiger partial charge in [-0.2, -0.15) is 13.9 Å². The van der Waals surface area contributed by atoms with Gasteiger partial charge in [0, 0.05) is 24.7 Å². The minimum absolute atomic E-state index is 0.113. The first-order valence-corrected chi connectivity index (χ1v) is 8.57. The molecule has 0 bridgehead atoms. The monoisotopic (exact) mass is 382 g/mol. The van der Waals surface area contributed by atoms with Gasteiger partial charge >= 0.3 is 12.3 Å². The number of nitrogens with zero attached hydrogens (tertiary/aromatic N) is 3. The van der Waals surface area contributed by atoms with Crippen LogP contribution in [0.1, 0.15) is 25.1 Å². The van der Waals surface area contributed by atoms with Gasteiger partial charge in [0.05, 0.1) is 7.11 Å². The van der Waals surface area contributed by atoms with E-state index in [1.54, 1.807) is 4.57 Å². The fourth-order valence-corrected chi connectivity index (χ4v) is 3.01. The molecule has 27 heavy (non-hydrogen) atoms. The van der Waals surface area contributed by atoms with Gasteiger partial charge in [-0.3, -0.25) is 9.36 Å². The molecule has 3 rings (SSSR count). The van der Waals surface area contributed by atoms with Gasteiger partial charge < -0.3 is 14.8 Å². The quantitative estimate of drug-likeness (QED) is 0.826. The summed E-state index contributed by atoms with van der Waals surface area (Å²) < 4.78 is 37.0. The highest BCUT2D eigenvalue weighted by Gasteiger charge is 2.18. The minimum atomic E-state index is -3.02. The Labute approximate surface area is 153 Å². The number of amides is 1. The number of alkyl halides is 2. The molecule has 1 N–H and O–H groups in total. The predicted octanol–water partition coefficient (Wildman–Crippen LogP) is 2.02. The Bertz CT molecular complexity index is 878. The summed E-state index contributed by atoms with van der Waals surface area (Å²) in [5, 5.41) is 6.79. The molecule has 0 radical (unpaired) electrons. The van der Waals surface area contributed by atoms with E-state index in [1.165, 1.54) is 25.3 Å². The predicted molar refractivity (Wildman–Crippen MR) is 92.3 cm³/mol. The van der Waals surface area contributed by atoms with Gasteiger partial charge in [0.25, 0.3) is 0 Å². The van der Waals surface area contributed by atoms with E-state index in [0.29, 0.717) is 18.8 Å². The van der Waals surface area contributed by atoms with E-state index < -0.39 is 12.5 Å². The van der Waals surface area contributed by atoms with E-state index in [2.05, 4.69) is 15.2 Å². The largest absolute Gasteiger partial charge is 0.493 e. The number of benzene rings is 1. The summed E-state index contributed by atoms with van der Waals surface area (Å²) in [4.78, 5) is 24.6.